The van der Waals surface area contributed by atoms with E-state index in [1.54, 1.807) is 6.26 Å². The maximum Gasteiger partial charge on any atom is 0.144 e. The van der Waals surface area contributed by atoms with Gasteiger partial charge < -0.3 is 0 Å². The predicted molar refractivity (Wildman–Crippen MR) is 47.9 cm³/mol. The minimum Gasteiger partial charge on any atom is -0.207 e. The van der Waals surface area contributed by atoms with Crippen molar-refractivity contribution in [2.75, 3.05) is 6.26 Å². The molecule has 12 heavy (non-hydrogen) atoms. The first-order chi connectivity index (χ1) is 5.57. The molecule has 0 N–H and O–H groups in total. The molecule has 1 rings (SSSR count). The molecule has 0 spiro atoms. The van der Waals surface area contributed by atoms with Gasteiger partial charge in [-0.25, -0.2) is 8.78 Å². The minimum atomic E-state index is -0.602. The third kappa shape index (κ3) is 1.57. The summed E-state index contributed by atoms with van der Waals surface area (Å²) >= 11 is 6.78. The maximum absolute atomic E-state index is 13.2. The van der Waals surface area contributed by atoms with Crippen LogP contribution in [0.25, 0.3) is 0 Å². The third-order valence-corrected chi connectivity index (χ3v) is 2.78. The quantitative estimate of drug-likeness (QED) is 0.635. The van der Waals surface area contributed by atoms with Gasteiger partial charge >= 0.3 is 0 Å². The highest BCUT2D eigenvalue weighted by Gasteiger charge is 2.13. The first-order valence-electron chi connectivity index (χ1n) is 3.26. The normalized spacial score (nSPS) is 10.4. The van der Waals surface area contributed by atoms with Crippen molar-refractivity contribution in [3.63, 3.8) is 0 Å². The molecule has 0 saturated carbocycles. The fourth-order valence-corrected chi connectivity index (χ4v) is 1.85. The smallest absolute Gasteiger partial charge is 0.144 e. The molecule has 0 aliphatic heterocycles. The van der Waals surface area contributed by atoms with Crippen LogP contribution in [0.5, 0.6) is 0 Å². The van der Waals surface area contributed by atoms with E-state index in [4.69, 9.17) is 11.6 Å². The van der Waals surface area contributed by atoms with Gasteiger partial charge in [0.2, 0.25) is 0 Å². The van der Waals surface area contributed by atoms with Crippen molar-refractivity contribution in [3.05, 3.63) is 28.3 Å². The van der Waals surface area contributed by atoms with Crippen LogP contribution in [0.2, 0.25) is 5.02 Å². The van der Waals surface area contributed by atoms with E-state index in [9.17, 15) is 8.78 Å². The van der Waals surface area contributed by atoms with E-state index < -0.39 is 11.6 Å². The molecule has 0 aliphatic carbocycles. The Labute approximate surface area is 78.9 Å². The van der Waals surface area contributed by atoms with Crippen LogP contribution in [-0.4, -0.2) is 6.26 Å². The van der Waals surface area contributed by atoms with Crippen LogP contribution in [0.3, 0.4) is 0 Å². The lowest BCUT2D eigenvalue weighted by Crippen LogP contribution is -1.92. The van der Waals surface area contributed by atoms with Crippen LogP contribution in [0.1, 0.15) is 5.56 Å². The first kappa shape index (κ1) is 9.81. The second-order valence-electron chi connectivity index (χ2n) is 2.31. The van der Waals surface area contributed by atoms with Gasteiger partial charge in [0.05, 0.1) is 9.92 Å². The minimum absolute atomic E-state index is 0.0174. The van der Waals surface area contributed by atoms with Crippen LogP contribution >= 0.6 is 23.4 Å². The summed E-state index contributed by atoms with van der Waals surface area (Å²) in [5.74, 6) is -1.16. The number of rotatable bonds is 1. The molecule has 0 fully saturated rings. The highest BCUT2D eigenvalue weighted by Crippen LogP contribution is 2.31. The number of hydrogen-bond acceptors (Lipinski definition) is 1. The summed E-state index contributed by atoms with van der Waals surface area (Å²) in [4.78, 5) is 0.301. The molecule has 0 heterocycles. The Morgan fingerprint density at radius 3 is 2.50 bits per heavy atom. The number of benzene rings is 1. The Bertz CT molecular complexity index is 312. The second-order valence-corrected chi connectivity index (χ2v) is 3.54. The topological polar surface area (TPSA) is 0 Å². The molecule has 1 aromatic carbocycles. The third-order valence-electron chi connectivity index (χ3n) is 1.56. The molecule has 0 bridgehead atoms. The molecule has 0 aliphatic rings. The van der Waals surface area contributed by atoms with E-state index in [1.165, 1.54) is 18.7 Å². The number of thioether (sulfide) groups is 1. The lowest BCUT2D eigenvalue weighted by molar-refractivity contribution is 0.551. The molecule has 0 radical (unpaired) electrons. The molecule has 66 valence electrons. The van der Waals surface area contributed by atoms with Crippen molar-refractivity contribution in [1.29, 1.82) is 0 Å². The summed E-state index contributed by atoms with van der Waals surface area (Å²) in [5, 5.41) is 0.128. The molecule has 0 saturated heterocycles. The van der Waals surface area contributed by atoms with Crippen LogP contribution < -0.4 is 0 Å². The van der Waals surface area contributed by atoms with E-state index in [0.29, 0.717) is 4.90 Å². The largest absolute Gasteiger partial charge is 0.207 e. The van der Waals surface area contributed by atoms with Crippen molar-refractivity contribution >= 4 is 23.4 Å². The second kappa shape index (κ2) is 3.62. The van der Waals surface area contributed by atoms with Gasteiger partial charge in [-0.05, 0) is 19.2 Å². The zero-order valence-corrected chi connectivity index (χ0v) is 8.19. The predicted octanol–water partition coefficient (Wildman–Crippen LogP) is 3.65. The van der Waals surface area contributed by atoms with E-state index >= 15 is 0 Å². The Morgan fingerprint density at radius 2 is 2.00 bits per heavy atom. The van der Waals surface area contributed by atoms with Gasteiger partial charge in [-0.3, -0.25) is 0 Å². The summed E-state index contributed by atoms with van der Waals surface area (Å²) in [6, 6.07) is 1.13. The van der Waals surface area contributed by atoms with E-state index in [0.717, 1.165) is 6.07 Å². The lowest BCUT2D eigenvalue weighted by atomic mass is 10.2. The summed E-state index contributed by atoms with van der Waals surface area (Å²) in [6.07, 6.45) is 1.70. The molecule has 0 nitrogen and oxygen atoms in total. The average molecular weight is 209 g/mol. The SMILES string of the molecule is CSc1c(Cl)cc(F)c(C)c1F. The number of hydrogen-bond donors (Lipinski definition) is 0. The monoisotopic (exact) mass is 208 g/mol. The van der Waals surface area contributed by atoms with Crippen molar-refractivity contribution in [2.45, 2.75) is 11.8 Å². The maximum atomic E-state index is 13.2. The Balaban J connectivity index is 3.40. The van der Waals surface area contributed by atoms with Gasteiger partial charge in [-0.1, -0.05) is 11.6 Å². The van der Waals surface area contributed by atoms with Crippen LogP contribution in [-0.2, 0) is 0 Å². The molecule has 0 aromatic heterocycles. The van der Waals surface area contributed by atoms with E-state index in [1.807, 2.05) is 0 Å². The van der Waals surface area contributed by atoms with Crippen molar-refractivity contribution in [2.24, 2.45) is 0 Å². The molecular weight excluding hydrogens is 202 g/mol. The number of halogens is 3. The van der Waals surface area contributed by atoms with Gasteiger partial charge in [0.1, 0.15) is 11.6 Å². The molecule has 0 atom stereocenters. The molecule has 4 heteroatoms. The van der Waals surface area contributed by atoms with Crippen molar-refractivity contribution in [1.82, 2.24) is 0 Å². The van der Waals surface area contributed by atoms with Gasteiger partial charge in [0, 0.05) is 5.56 Å². The zero-order chi connectivity index (χ0) is 9.30. The van der Waals surface area contributed by atoms with E-state index in [2.05, 4.69) is 0 Å². The fraction of sp³-hybridized carbons (Fsp3) is 0.250. The average Bonchev–Trinajstić information content (AvgIpc) is 2.01. The Kier molecular flexibility index (Phi) is 2.96. The van der Waals surface area contributed by atoms with Crippen molar-refractivity contribution in [3.8, 4) is 0 Å². The molecule has 0 amide bonds. The lowest BCUT2D eigenvalue weighted by Gasteiger charge is -2.05. The van der Waals surface area contributed by atoms with Crippen LogP contribution in [0.15, 0.2) is 11.0 Å². The Hall–Kier alpha value is -0.280. The standard InChI is InChI=1S/C8H7ClF2S/c1-4-6(10)3-5(9)8(12-2)7(4)11/h3H,1-2H3. The van der Waals surface area contributed by atoms with Crippen LogP contribution in [0, 0.1) is 18.6 Å². The summed E-state index contributed by atoms with van der Waals surface area (Å²) in [6.45, 7) is 1.39. The van der Waals surface area contributed by atoms with Gasteiger partial charge in [0.15, 0.2) is 0 Å². The molecular formula is C8H7ClF2S. The van der Waals surface area contributed by atoms with Gasteiger partial charge in [-0.2, -0.15) is 0 Å². The molecule has 0 unspecified atom stereocenters. The summed E-state index contributed by atoms with van der Waals surface area (Å²) in [5.41, 5.74) is 0.0174. The summed E-state index contributed by atoms with van der Waals surface area (Å²) < 4.78 is 26.0. The fourth-order valence-electron chi connectivity index (χ4n) is 0.852. The van der Waals surface area contributed by atoms with E-state index in [-0.39, 0.29) is 10.6 Å². The zero-order valence-electron chi connectivity index (χ0n) is 6.62. The highest BCUT2D eigenvalue weighted by atomic mass is 35.5. The van der Waals surface area contributed by atoms with Crippen LogP contribution in [0.4, 0.5) is 8.78 Å². The summed E-state index contributed by atoms with van der Waals surface area (Å²) in [7, 11) is 0. The Morgan fingerprint density at radius 1 is 1.42 bits per heavy atom. The first-order valence-corrected chi connectivity index (χ1v) is 4.86. The van der Waals surface area contributed by atoms with Gasteiger partial charge in [-0.15, -0.1) is 11.8 Å². The highest BCUT2D eigenvalue weighted by molar-refractivity contribution is 7.98. The van der Waals surface area contributed by atoms with Gasteiger partial charge in [0.25, 0.3) is 0 Å². The van der Waals surface area contributed by atoms with Crippen molar-refractivity contribution < 1.29 is 8.78 Å². The molecule has 1 aromatic rings.